The second-order valence-corrected chi connectivity index (χ2v) is 11.1. The van der Waals surface area contributed by atoms with Gasteiger partial charge in [-0.3, -0.25) is 4.79 Å². The van der Waals surface area contributed by atoms with E-state index in [0.717, 1.165) is 30.0 Å². The Kier molecular flexibility index (Phi) is 11.4. The zero-order chi connectivity index (χ0) is 32.0. The van der Waals surface area contributed by atoms with E-state index in [4.69, 9.17) is 18.9 Å². The third-order valence-corrected chi connectivity index (χ3v) is 8.21. The second-order valence-electron chi connectivity index (χ2n) is 11.1. The summed E-state index contributed by atoms with van der Waals surface area (Å²) in [5, 5.41) is 60.8. The van der Waals surface area contributed by atoms with Crippen LogP contribution in [0.3, 0.4) is 0 Å². The number of phenolic OH excluding ortho intramolecular Hbond substituents is 1. The average Bonchev–Trinajstić information content (AvgIpc) is 3.01. The normalized spacial score (nSPS) is 26.9. The first-order valence-corrected chi connectivity index (χ1v) is 14.5. The van der Waals surface area contributed by atoms with E-state index in [1.54, 1.807) is 6.07 Å². The van der Waals surface area contributed by atoms with Crippen molar-refractivity contribution in [3.05, 3.63) is 64.2 Å². The molecule has 2 aliphatic rings. The fraction of sp³-hybridized carbons (Fsp3) is 0.500. The standard InChI is InChI=1S/C32H40O12/c1-17(36)42-29-28(38)27(16-35)43-32(40)30(29)44-31(39)22(11-19-4-8-25(37)26(13-19)41-2)14-24-21(15-34)7-6-20-5-3-18(9-10-33)12-23(20)24/h3-5,8,11-13,21,24,27-30,32-35,37-38,40H,6-7,9-10,14-16H2,1-2H3/b22-11+/t21-,24-,27+,28+,29-,30-,32-/m1/s1. The Morgan fingerprint density at radius 3 is 2.45 bits per heavy atom. The zero-order valence-electron chi connectivity index (χ0n) is 24.7. The van der Waals surface area contributed by atoms with E-state index >= 15 is 0 Å². The number of aliphatic hydroxyl groups excluding tert-OH is 5. The topological polar surface area (TPSA) is 192 Å². The van der Waals surface area contributed by atoms with Crippen molar-refractivity contribution >= 4 is 18.0 Å². The van der Waals surface area contributed by atoms with Crippen LogP contribution in [-0.2, 0) is 36.6 Å². The Bertz CT molecular complexity index is 1340. The molecule has 240 valence electrons. The van der Waals surface area contributed by atoms with Crippen LogP contribution < -0.4 is 4.74 Å². The summed E-state index contributed by atoms with van der Waals surface area (Å²) in [5.74, 6) is -2.20. The summed E-state index contributed by atoms with van der Waals surface area (Å²) in [5.41, 5.74) is 3.50. The average molecular weight is 617 g/mol. The molecule has 12 nitrogen and oxygen atoms in total. The van der Waals surface area contributed by atoms with Crippen molar-refractivity contribution in [2.45, 2.75) is 69.2 Å². The first-order chi connectivity index (χ1) is 21.1. The molecule has 1 fully saturated rings. The Labute approximate surface area is 255 Å². The van der Waals surface area contributed by atoms with Gasteiger partial charge in [0.25, 0.3) is 0 Å². The molecule has 1 aliphatic heterocycles. The van der Waals surface area contributed by atoms with Crippen LogP contribution in [0.15, 0.2) is 42.0 Å². The van der Waals surface area contributed by atoms with E-state index < -0.39 is 49.3 Å². The summed E-state index contributed by atoms with van der Waals surface area (Å²) >= 11 is 0. The molecule has 0 unspecified atom stereocenters. The number of benzene rings is 2. The van der Waals surface area contributed by atoms with E-state index in [1.807, 2.05) is 18.2 Å². The zero-order valence-corrected chi connectivity index (χ0v) is 24.7. The number of carbonyl (C=O) groups is 2. The summed E-state index contributed by atoms with van der Waals surface area (Å²) < 4.78 is 21.3. The maximum Gasteiger partial charge on any atom is 0.334 e. The molecule has 0 spiro atoms. The maximum absolute atomic E-state index is 13.9. The molecule has 44 heavy (non-hydrogen) atoms. The van der Waals surface area contributed by atoms with Gasteiger partial charge < -0.3 is 49.6 Å². The highest BCUT2D eigenvalue weighted by atomic mass is 16.7. The van der Waals surface area contributed by atoms with Gasteiger partial charge in [0, 0.05) is 25.7 Å². The molecule has 0 aromatic heterocycles. The molecule has 12 heteroatoms. The van der Waals surface area contributed by atoms with Gasteiger partial charge in [-0.2, -0.15) is 0 Å². The van der Waals surface area contributed by atoms with Crippen LogP contribution in [0.2, 0.25) is 0 Å². The highest BCUT2D eigenvalue weighted by molar-refractivity contribution is 5.94. The fourth-order valence-corrected chi connectivity index (χ4v) is 5.93. The van der Waals surface area contributed by atoms with Gasteiger partial charge in [-0.25, -0.2) is 4.79 Å². The minimum atomic E-state index is -1.83. The number of hydrogen-bond donors (Lipinski definition) is 6. The van der Waals surface area contributed by atoms with Crippen LogP contribution >= 0.6 is 0 Å². The van der Waals surface area contributed by atoms with Crippen molar-refractivity contribution in [3.63, 3.8) is 0 Å². The number of carbonyl (C=O) groups excluding carboxylic acids is 2. The van der Waals surface area contributed by atoms with Crippen molar-refractivity contribution < 1.29 is 59.2 Å². The van der Waals surface area contributed by atoms with Crippen LogP contribution in [0.25, 0.3) is 6.08 Å². The highest BCUT2D eigenvalue weighted by Crippen LogP contribution is 2.42. The van der Waals surface area contributed by atoms with Gasteiger partial charge in [0.05, 0.1) is 13.7 Å². The molecule has 7 atom stereocenters. The molecule has 0 bridgehead atoms. The number of hydrogen-bond acceptors (Lipinski definition) is 12. The molecular formula is C32H40O12. The fourth-order valence-electron chi connectivity index (χ4n) is 5.93. The molecule has 1 heterocycles. The summed E-state index contributed by atoms with van der Waals surface area (Å²) in [7, 11) is 1.39. The minimum absolute atomic E-state index is 0.0364. The van der Waals surface area contributed by atoms with Crippen molar-refractivity contribution in [2.24, 2.45) is 5.92 Å². The van der Waals surface area contributed by atoms with Crippen LogP contribution in [0.4, 0.5) is 0 Å². The Morgan fingerprint density at radius 2 is 1.80 bits per heavy atom. The van der Waals surface area contributed by atoms with Crippen LogP contribution in [-0.4, -0.2) is 100 Å². The van der Waals surface area contributed by atoms with Crippen LogP contribution in [0.1, 0.15) is 47.9 Å². The number of ether oxygens (including phenoxy) is 4. The number of aryl methyl sites for hydroxylation is 1. The van der Waals surface area contributed by atoms with Gasteiger partial charge in [-0.1, -0.05) is 24.3 Å². The molecule has 1 saturated heterocycles. The first kappa shape index (κ1) is 33.4. The van der Waals surface area contributed by atoms with Gasteiger partial charge in [-0.15, -0.1) is 0 Å². The van der Waals surface area contributed by atoms with Crippen LogP contribution in [0.5, 0.6) is 11.5 Å². The van der Waals surface area contributed by atoms with Gasteiger partial charge in [0.1, 0.15) is 12.2 Å². The third-order valence-electron chi connectivity index (χ3n) is 8.21. The van der Waals surface area contributed by atoms with Crippen molar-refractivity contribution in [1.82, 2.24) is 0 Å². The number of aliphatic hydroxyl groups is 5. The predicted molar refractivity (Wildman–Crippen MR) is 156 cm³/mol. The minimum Gasteiger partial charge on any atom is -0.504 e. The van der Waals surface area contributed by atoms with Crippen molar-refractivity contribution in [1.29, 1.82) is 0 Å². The number of esters is 2. The molecule has 4 rings (SSSR count). The number of rotatable bonds is 11. The van der Waals surface area contributed by atoms with Gasteiger partial charge in [0.15, 0.2) is 30.0 Å². The Morgan fingerprint density at radius 1 is 1.02 bits per heavy atom. The second kappa shape index (κ2) is 15.0. The maximum atomic E-state index is 13.9. The smallest absolute Gasteiger partial charge is 0.334 e. The molecule has 0 amide bonds. The molecule has 0 radical (unpaired) electrons. The van der Waals surface area contributed by atoms with E-state index in [0.29, 0.717) is 18.4 Å². The van der Waals surface area contributed by atoms with E-state index in [1.165, 1.54) is 25.3 Å². The molecular weight excluding hydrogens is 576 g/mol. The van der Waals surface area contributed by atoms with E-state index in [2.05, 4.69) is 0 Å². The van der Waals surface area contributed by atoms with Crippen LogP contribution in [0, 0.1) is 5.92 Å². The summed E-state index contributed by atoms with van der Waals surface area (Å²) in [6.07, 6.45) is -4.43. The number of methoxy groups -OCH3 is 1. The lowest BCUT2D eigenvalue weighted by atomic mass is 9.72. The van der Waals surface area contributed by atoms with Gasteiger partial charge in [0.2, 0.25) is 0 Å². The predicted octanol–water partition coefficient (Wildman–Crippen LogP) is 0.961. The largest absolute Gasteiger partial charge is 0.504 e. The lowest BCUT2D eigenvalue weighted by molar-refractivity contribution is -0.292. The first-order valence-electron chi connectivity index (χ1n) is 14.5. The van der Waals surface area contributed by atoms with Gasteiger partial charge >= 0.3 is 11.9 Å². The molecule has 0 saturated carbocycles. The summed E-state index contributed by atoms with van der Waals surface area (Å²) in [4.78, 5) is 25.8. The Balaban J connectivity index is 1.74. The monoisotopic (exact) mass is 616 g/mol. The summed E-state index contributed by atoms with van der Waals surface area (Å²) in [6.45, 7) is 0.228. The number of phenols is 1. The van der Waals surface area contributed by atoms with Crippen molar-refractivity contribution in [3.8, 4) is 11.5 Å². The molecule has 2 aromatic carbocycles. The number of fused-ring (bicyclic) bond motifs is 1. The van der Waals surface area contributed by atoms with E-state index in [9.17, 15) is 40.2 Å². The lowest BCUT2D eigenvalue weighted by Crippen LogP contribution is -2.61. The number of aromatic hydroxyl groups is 1. The SMILES string of the molecule is COc1cc(/C=C(\C[C@H]2c3cc(CCO)ccc3CC[C@@H]2CO)C(=O)O[C@@H]2[C@H](OC(C)=O)[C@@H](O)[C@H](CO)O[C@H]2O)ccc1O. The van der Waals surface area contributed by atoms with E-state index in [-0.39, 0.29) is 48.5 Å². The van der Waals surface area contributed by atoms with Gasteiger partial charge in [-0.05, 0) is 78.0 Å². The Hall–Kier alpha value is -3.52. The van der Waals surface area contributed by atoms with Crippen molar-refractivity contribution in [2.75, 3.05) is 26.9 Å². The summed E-state index contributed by atoms with van der Waals surface area (Å²) in [6, 6.07) is 10.4. The molecule has 6 N–H and O–H groups in total. The highest BCUT2D eigenvalue weighted by Gasteiger charge is 2.49. The lowest BCUT2D eigenvalue weighted by Gasteiger charge is -2.41. The quantitative estimate of drug-likeness (QED) is 0.155. The molecule has 2 aromatic rings. The molecule has 1 aliphatic carbocycles. The third kappa shape index (κ3) is 7.57.